The number of methoxy groups -OCH3 is 1. The van der Waals surface area contributed by atoms with Crippen molar-refractivity contribution >= 4 is 5.97 Å². The van der Waals surface area contributed by atoms with Gasteiger partial charge in [-0.2, -0.15) is 0 Å². The lowest BCUT2D eigenvalue weighted by Crippen LogP contribution is -1.88. The van der Waals surface area contributed by atoms with E-state index in [0.29, 0.717) is 5.75 Å². The van der Waals surface area contributed by atoms with Crippen molar-refractivity contribution in [2.75, 3.05) is 7.11 Å². The molecule has 1 aromatic carbocycles. The highest BCUT2D eigenvalue weighted by molar-refractivity contribution is 5.87. The number of phenolic OH excluding ortho intramolecular Hbond substituents is 1. The van der Waals surface area contributed by atoms with Gasteiger partial charge in [-0.3, -0.25) is 0 Å². The molecule has 14 heavy (non-hydrogen) atoms. The van der Waals surface area contributed by atoms with Crippen LogP contribution in [0.25, 0.3) is 0 Å². The lowest BCUT2D eigenvalue weighted by atomic mass is 10.2. The summed E-state index contributed by atoms with van der Waals surface area (Å²) < 4.78 is 4.89. The van der Waals surface area contributed by atoms with E-state index in [1.807, 2.05) is 5.92 Å². The summed E-state index contributed by atoms with van der Waals surface area (Å²) in [7, 11) is 1.47. The van der Waals surface area contributed by atoms with E-state index >= 15 is 0 Å². The fourth-order valence-corrected chi connectivity index (χ4v) is 0.863. The number of carbonyl (C=O) groups is 1. The zero-order valence-electron chi connectivity index (χ0n) is 7.44. The quantitative estimate of drug-likeness (QED) is 0.647. The molecule has 0 heterocycles. The van der Waals surface area contributed by atoms with Crippen molar-refractivity contribution in [3.8, 4) is 23.3 Å². The average Bonchev–Trinajstić information content (AvgIpc) is 2.16. The molecular weight excluding hydrogens is 184 g/mol. The van der Waals surface area contributed by atoms with E-state index in [-0.39, 0.29) is 11.3 Å². The van der Waals surface area contributed by atoms with Crippen LogP contribution in [0.2, 0.25) is 0 Å². The molecule has 1 rings (SSSR count). The molecule has 0 saturated heterocycles. The summed E-state index contributed by atoms with van der Waals surface area (Å²) in [4.78, 5) is 10.2. The van der Waals surface area contributed by atoms with Gasteiger partial charge in [0, 0.05) is 5.92 Å². The van der Waals surface area contributed by atoms with E-state index in [2.05, 4.69) is 5.92 Å². The van der Waals surface area contributed by atoms with E-state index in [9.17, 15) is 9.90 Å². The predicted molar refractivity (Wildman–Crippen MR) is 49.2 cm³/mol. The summed E-state index contributed by atoms with van der Waals surface area (Å²) in [5.74, 6) is 3.41. The largest absolute Gasteiger partial charge is 0.507 e. The van der Waals surface area contributed by atoms with Crippen LogP contribution in [-0.2, 0) is 4.79 Å². The van der Waals surface area contributed by atoms with Crippen molar-refractivity contribution in [1.82, 2.24) is 0 Å². The normalized spacial score (nSPS) is 8.64. The molecule has 72 valence electrons. The number of aromatic hydroxyl groups is 1. The van der Waals surface area contributed by atoms with Crippen LogP contribution in [0.15, 0.2) is 18.2 Å². The van der Waals surface area contributed by atoms with Crippen molar-refractivity contribution in [3.05, 3.63) is 23.8 Å². The van der Waals surface area contributed by atoms with Crippen molar-refractivity contribution in [3.63, 3.8) is 0 Å². The predicted octanol–water partition coefficient (Wildman–Crippen LogP) is 0.837. The molecule has 4 heteroatoms. The third-order valence-corrected chi connectivity index (χ3v) is 1.51. The maximum atomic E-state index is 10.2. The molecule has 0 radical (unpaired) electrons. The average molecular weight is 192 g/mol. The third-order valence-electron chi connectivity index (χ3n) is 1.51. The van der Waals surface area contributed by atoms with Crippen LogP contribution in [0, 0.1) is 11.8 Å². The van der Waals surface area contributed by atoms with Gasteiger partial charge < -0.3 is 14.9 Å². The fraction of sp³-hybridized carbons (Fsp3) is 0.100. The van der Waals surface area contributed by atoms with Gasteiger partial charge >= 0.3 is 5.97 Å². The molecule has 0 aliphatic carbocycles. The Bertz CT molecular complexity index is 412. The Kier molecular flexibility index (Phi) is 2.97. The van der Waals surface area contributed by atoms with Crippen LogP contribution in [0.5, 0.6) is 11.5 Å². The Morgan fingerprint density at radius 2 is 2.21 bits per heavy atom. The molecule has 0 atom stereocenters. The molecule has 0 saturated carbocycles. The van der Waals surface area contributed by atoms with Crippen molar-refractivity contribution in [2.24, 2.45) is 0 Å². The molecule has 0 fully saturated rings. The lowest BCUT2D eigenvalue weighted by Gasteiger charge is -2.00. The number of rotatable bonds is 1. The Hall–Kier alpha value is -2.15. The fourth-order valence-electron chi connectivity index (χ4n) is 0.863. The number of carboxylic acids is 1. The summed E-state index contributed by atoms with van der Waals surface area (Å²) in [5, 5.41) is 17.6. The summed E-state index contributed by atoms with van der Waals surface area (Å²) in [6.45, 7) is 0. The first kappa shape index (κ1) is 9.93. The molecule has 0 amide bonds. The summed E-state index contributed by atoms with van der Waals surface area (Å²) in [6, 6.07) is 4.41. The van der Waals surface area contributed by atoms with Gasteiger partial charge in [0.2, 0.25) is 0 Å². The van der Waals surface area contributed by atoms with Crippen LogP contribution >= 0.6 is 0 Å². The Balaban J connectivity index is 3.08. The molecule has 0 spiro atoms. The minimum Gasteiger partial charge on any atom is -0.507 e. The standard InChI is InChI=1S/C10H8O4/c1-14-8-3-4-9(11)7(6-8)2-5-10(12)13/h3-4,6,11H,1H3,(H,12,13). The SMILES string of the molecule is COc1ccc(O)c(C#CC(=O)O)c1. The van der Waals surface area contributed by atoms with Crippen LogP contribution in [-0.4, -0.2) is 23.3 Å². The first-order valence-electron chi connectivity index (χ1n) is 3.75. The number of hydrogen-bond donors (Lipinski definition) is 2. The zero-order valence-corrected chi connectivity index (χ0v) is 7.44. The van der Waals surface area contributed by atoms with Crippen LogP contribution in [0.1, 0.15) is 5.56 Å². The maximum Gasteiger partial charge on any atom is 0.382 e. The second kappa shape index (κ2) is 4.19. The van der Waals surface area contributed by atoms with Crippen molar-refractivity contribution in [2.45, 2.75) is 0 Å². The molecule has 0 aromatic heterocycles. The Morgan fingerprint density at radius 1 is 1.50 bits per heavy atom. The molecule has 4 nitrogen and oxygen atoms in total. The van der Waals surface area contributed by atoms with Crippen LogP contribution in [0.4, 0.5) is 0 Å². The number of ether oxygens (including phenoxy) is 1. The summed E-state index contributed by atoms with van der Waals surface area (Å²) in [6.07, 6.45) is 0. The smallest absolute Gasteiger partial charge is 0.382 e. The molecule has 2 N–H and O–H groups in total. The van der Waals surface area contributed by atoms with E-state index in [1.54, 1.807) is 6.07 Å². The topological polar surface area (TPSA) is 66.8 Å². The second-order valence-corrected chi connectivity index (χ2v) is 2.44. The summed E-state index contributed by atoms with van der Waals surface area (Å²) >= 11 is 0. The first-order valence-corrected chi connectivity index (χ1v) is 3.75. The van der Waals surface area contributed by atoms with Gasteiger partial charge in [0.1, 0.15) is 11.5 Å². The zero-order chi connectivity index (χ0) is 10.6. The van der Waals surface area contributed by atoms with E-state index in [4.69, 9.17) is 9.84 Å². The third kappa shape index (κ3) is 2.42. The molecular formula is C10H8O4. The molecule has 0 unspecified atom stereocenters. The molecule has 0 bridgehead atoms. The van der Waals surface area contributed by atoms with E-state index < -0.39 is 5.97 Å². The van der Waals surface area contributed by atoms with Crippen LogP contribution in [0.3, 0.4) is 0 Å². The molecule has 0 aliphatic heterocycles. The Labute approximate surface area is 80.8 Å². The van der Waals surface area contributed by atoms with E-state index in [1.165, 1.54) is 19.2 Å². The highest BCUT2D eigenvalue weighted by Gasteiger charge is 2.00. The second-order valence-electron chi connectivity index (χ2n) is 2.44. The van der Waals surface area contributed by atoms with Crippen molar-refractivity contribution in [1.29, 1.82) is 0 Å². The van der Waals surface area contributed by atoms with Gasteiger partial charge in [0.25, 0.3) is 0 Å². The van der Waals surface area contributed by atoms with Crippen molar-refractivity contribution < 1.29 is 19.7 Å². The number of carboxylic acid groups (broad SMARTS) is 1. The summed E-state index contributed by atoms with van der Waals surface area (Å²) in [5.41, 5.74) is 0.228. The van der Waals surface area contributed by atoms with Gasteiger partial charge in [0.05, 0.1) is 12.7 Å². The Morgan fingerprint density at radius 3 is 2.79 bits per heavy atom. The molecule has 0 aliphatic rings. The highest BCUT2D eigenvalue weighted by Crippen LogP contribution is 2.21. The number of aliphatic carboxylic acids is 1. The van der Waals surface area contributed by atoms with Gasteiger partial charge in [0.15, 0.2) is 0 Å². The van der Waals surface area contributed by atoms with Gasteiger partial charge in [-0.25, -0.2) is 4.79 Å². The van der Waals surface area contributed by atoms with Crippen LogP contribution < -0.4 is 4.74 Å². The monoisotopic (exact) mass is 192 g/mol. The number of phenols is 1. The number of benzene rings is 1. The maximum absolute atomic E-state index is 10.2. The van der Waals surface area contributed by atoms with Gasteiger partial charge in [-0.15, -0.1) is 0 Å². The molecule has 1 aromatic rings. The highest BCUT2D eigenvalue weighted by atomic mass is 16.5. The number of hydrogen-bond acceptors (Lipinski definition) is 3. The lowest BCUT2D eigenvalue weighted by molar-refractivity contribution is -0.130. The minimum absolute atomic E-state index is 0.0699. The first-order chi connectivity index (χ1) is 6.63. The minimum atomic E-state index is -1.24. The van der Waals surface area contributed by atoms with Gasteiger partial charge in [-0.05, 0) is 18.2 Å². The van der Waals surface area contributed by atoms with Gasteiger partial charge in [-0.1, -0.05) is 5.92 Å². The van der Waals surface area contributed by atoms with E-state index in [0.717, 1.165) is 0 Å².